The number of carbonyl (C=O) groups is 1. The van der Waals surface area contributed by atoms with Crippen LogP contribution in [0.15, 0.2) is 47.1 Å². The average molecular weight is 308 g/mol. The molecule has 5 heteroatoms. The number of hydrogen-bond donors (Lipinski definition) is 2. The van der Waals surface area contributed by atoms with Gasteiger partial charge in [0.05, 0.1) is 12.8 Å². The van der Waals surface area contributed by atoms with Gasteiger partial charge in [0.2, 0.25) is 5.91 Å². The standard InChI is InChI=1S/C16H18ClNO3/c1-16(20,12-4-6-13(17)7-5-12)11-18-15(19)9-8-14-3-2-10-21-14/h2-7,10,20H,8-9,11H2,1H3,(H,18,19). The first-order chi connectivity index (χ1) is 9.97. The van der Waals surface area contributed by atoms with E-state index in [2.05, 4.69) is 5.32 Å². The Labute approximate surface area is 128 Å². The number of halogens is 1. The fourth-order valence-corrected chi connectivity index (χ4v) is 2.09. The predicted octanol–water partition coefficient (Wildman–Crippen LogP) is 2.89. The molecule has 1 aromatic carbocycles. The summed E-state index contributed by atoms with van der Waals surface area (Å²) in [4.78, 5) is 11.8. The summed E-state index contributed by atoms with van der Waals surface area (Å²) in [6.07, 6.45) is 2.45. The van der Waals surface area contributed by atoms with Crippen LogP contribution in [0, 0.1) is 0 Å². The Morgan fingerprint density at radius 2 is 2.05 bits per heavy atom. The zero-order valence-corrected chi connectivity index (χ0v) is 12.6. The first-order valence-electron chi connectivity index (χ1n) is 6.75. The maximum Gasteiger partial charge on any atom is 0.220 e. The van der Waals surface area contributed by atoms with Gasteiger partial charge in [0.15, 0.2) is 0 Å². The van der Waals surface area contributed by atoms with Crippen LogP contribution >= 0.6 is 11.6 Å². The molecule has 0 spiro atoms. The molecule has 0 aliphatic rings. The molecule has 1 unspecified atom stereocenters. The largest absolute Gasteiger partial charge is 0.469 e. The molecule has 0 bridgehead atoms. The highest BCUT2D eigenvalue weighted by molar-refractivity contribution is 6.30. The number of benzene rings is 1. The van der Waals surface area contributed by atoms with E-state index < -0.39 is 5.60 Å². The second kappa shape index (κ2) is 6.78. The van der Waals surface area contributed by atoms with E-state index in [1.807, 2.05) is 6.07 Å². The van der Waals surface area contributed by atoms with E-state index in [0.717, 1.165) is 5.76 Å². The van der Waals surface area contributed by atoms with Gasteiger partial charge >= 0.3 is 0 Å². The molecule has 2 aromatic rings. The fourth-order valence-electron chi connectivity index (χ4n) is 1.96. The van der Waals surface area contributed by atoms with Crippen LogP contribution in [0.2, 0.25) is 5.02 Å². The predicted molar refractivity (Wildman–Crippen MR) is 81.1 cm³/mol. The summed E-state index contributed by atoms with van der Waals surface area (Å²) in [6.45, 7) is 1.80. The molecule has 1 aromatic heterocycles. The second-order valence-corrected chi connectivity index (χ2v) is 5.57. The van der Waals surface area contributed by atoms with Crippen molar-refractivity contribution < 1.29 is 14.3 Å². The highest BCUT2D eigenvalue weighted by Crippen LogP contribution is 2.21. The Morgan fingerprint density at radius 3 is 2.67 bits per heavy atom. The topological polar surface area (TPSA) is 62.5 Å². The van der Waals surface area contributed by atoms with Gasteiger partial charge in [0, 0.05) is 17.9 Å². The van der Waals surface area contributed by atoms with Crippen molar-refractivity contribution in [2.24, 2.45) is 0 Å². The summed E-state index contributed by atoms with van der Waals surface area (Å²) in [5.41, 5.74) is -0.427. The van der Waals surface area contributed by atoms with Crippen molar-refractivity contribution in [2.75, 3.05) is 6.54 Å². The monoisotopic (exact) mass is 307 g/mol. The van der Waals surface area contributed by atoms with Gasteiger partial charge in [-0.15, -0.1) is 0 Å². The number of carbonyl (C=O) groups excluding carboxylic acids is 1. The highest BCUT2D eigenvalue weighted by atomic mass is 35.5. The highest BCUT2D eigenvalue weighted by Gasteiger charge is 2.23. The molecule has 0 saturated heterocycles. The number of aryl methyl sites for hydroxylation is 1. The van der Waals surface area contributed by atoms with Crippen LogP contribution in [0.25, 0.3) is 0 Å². The van der Waals surface area contributed by atoms with E-state index in [0.29, 0.717) is 23.4 Å². The van der Waals surface area contributed by atoms with E-state index in [1.165, 1.54) is 0 Å². The van der Waals surface area contributed by atoms with Gasteiger partial charge in [-0.05, 0) is 36.8 Å². The average Bonchev–Trinajstić information content (AvgIpc) is 2.97. The Morgan fingerprint density at radius 1 is 1.33 bits per heavy atom. The molecule has 1 amide bonds. The van der Waals surface area contributed by atoms with E-state index in [4.69, 9.17) is 16.0 Å². The quantitative estimate of drug-likeness (QED) is 0.862. The minimum Gasteiger partial charge on any atom is -0.469 e. The van der Waals surface area contributed by atoms with E-state index >= 15 is 0 Å². The number of aliphatic hydroxyl groups is 1. The molecule has 21 heavy (non-hydrogen) atoms. The molecule has 0 aliphatic heterocycles. The second-order valence-electron chi connectivity index (χ2n) is 5.14. The minimum absolute atomic E-state index is 0.124. The molecule has 0 saturated carbocycles. The maximum absolute atomic E-state index is 11.8. The lowest BCUT2D eigenvalue weighted by atomic mass is 9.96. The van der Waals surface area contributed by atoms with Crippen molar-refractivity contribution in [3.63, 3.8) is 0 Å². The van der Waals surface area contributed by atoms with Gasteiger partial charge in [0.25, 0.3) is 0 Å². The van der Waals surface area contributed by atoms with Crippen LogP contribution in [0.1, 0.15) is 24.7 Å². The molecule has 2 N–H and O–H groups in total. The Balaban J connectivity index is 1.83. The maximum atomic E-state index is 11.8. The summed E-state index contributed by atoms with van der Waals surface area (Å²) in [5.74, 6) is 0.648. The van der Waals surface area contributed by atoms with Crippen molar-refractivity contribution in [3.8, 4) is 0 Å². The summed E-state index contributed by atoms with van der Waals surface area (Å²) in [6, 6.07) is 10.5. The third-order valence-electron chi connectivity index (χ3n) is 3.27. The zero-order valence-electron chi connectivity index (χ0n) is 11.8. The summed E-state index contributed by atoms with van der Waals surface area (Å²) >= 11 is 5.82. The smallest absolute Gasteiger partial charge is 0.220 e. The van der Waals surface area contributed by atoms with Crippen LogP contribution in [0.4, 0.5) is 0 Å². The molecular formula is C16H18ClNO3. The molecule has 4 nitrogen and oxygen atoms in total. The van der Waals surface area contributed by atoms with Crippen LogP contribution < -0.4 is 5.32 Å². The SMILES string of the molecule is CC(O)(CNC(=O)CCc1ccco1)c1ccc(Cl)cc1. The van der Waals surface area contributed by atoms with E-state index in [-0.39, 0.29) is 12.5 Å². The van der Waals surface area contributed by atoms with Crippen LogP contribution in [0.3, 0.4) is 0 Å². The van der Waals surface area contributed by atoms with Crippen molar-refractivity contribution in [3.05, 3.63) is 59.0 Å². The van der Waals surface area contributed by atoms with Gasteiger partial charge in [-0.3, -0.25) is 4.79 Å². The molecule has 2 rings (SSSR count). The molecule has 1 heterocycles. The van der Waals surface area contributed by atoms with Crippen LogP contribution in [-0.2, 0) is 16.8 Å². The summed E-state index contributed by atoms with van der Waals surface area (Å²) in [7, 11) is 0. The zero-order chi connectivity index (χ0) is 15.3. The van der Waals surface area contributed by atoms with Gasteiger partial charge < -0.3 is 14.8 Å². The van der Waals surface area contributed by atoms with Gasteiger partial charge in [-0.2, -0.15) is 0 Å². The molecule has 112 valence electrons. The molecular weight excluding hydrogens is 290 g/mol. The third kappa shape index (κ3) is 4.62. The van der Waals surface area contributed by atoms with E-state index in [9.17, 15) is 9.90 Å². The molecule has 0 fully saturated rings. The summed E-state index contributed by atoms with van der Waals surface area (Å²) in [5, 5.41) is 13.7. The van der Waals surface area contributed by atoms with Crippen LogP contribution in [0.5, 0.6) is 0 Å². The Kier molecular flexibility index (Phi) is 5.04. The number of rotatable bonds is 6. The molecule has 0 radical (unpaired) electrons. The lowest BCUT2D eigenvalue weighted by molar-refractivity contribution is -0.122. The van der Waals surface area contributed by atoms with Crippen molar-refractivity contribution in [1.29, 1.82) is 0 Å². The Hall–Kier alpha value is -1.78. The first-order valence-corrected chi connectivity index (χ1v) is 7.13. The normalized spacial score (nSPS) is 13.7. The van der Waals surface area contributed by atoms with Crippen molar-refractivity contribution >= 4 is 17.5 Å². The van der Waals surface area contributed by atoms with Crippen molar-refractivity contribution in [1.82, 2.24) is 5.32 Å². The van der Waals surface area contributed by atoms with Crippen molar-refractivity contribution in [2.45, 2.75) is 25.4 Å². The first kappa shape index (κ1) is 15.6. The van der Waals surface area contributed by atoms with Gasteiger partial charge in [-0.1, -0.05) is 23.7 Å². The number of furan rings is 1. The fraction of sp³-hybridized carbons (Fsp3) is 0.312. The lowest BCUT2D eigenvalue weighted by Gasteiger charge is -2.24. The lowest BCUT2D eigenvalue weighted by Crippen LogP contribution is -2.38. The molecule has 0 aliphatic carbocycles. The number of hydrogen-bond acceptors (Lipinski definition) is 3. The molecule has 1 atom stereocenters. The third-order valence-corrected chi connectivity index (χ3v) is 3.53. The number of amides is 1. The van der Waals surface area contributed by atoms with Gasteiger partial charge in [0.1, 0.15) is 11.4 Å². The van der Waals surface area contributed by atoms with Gasteiger partial charge in [-0.25, -0.2) is 0 Å². The Bertz CT molecular complexity index is 576. The number of nitrogens with one attached hydrogen (secondary N) is 1. The van der Waals surface area contributed by atoms with E-state index in [1.54, 1.807) is 43.5 Å². The van der Waals surface area contributed by atoms with Crippen LogP contribution in [-0.4, -0.2) is 17.6 Å². The summed E-state index contributed by atoms with van der Waals surface area (Å²) < 4.78 is 5.17. The minimum atomic E-state index is -1.13.